The topological polar surface area (TPSA) is 75.9 Å². The molecule has 0 saturated heterocycles. The molecule has 0 aliphatic heterocycles. The molecular weight excluding hydrogens is 148 g/mol. The third-order valence-corrected chi connectivity index (χ3v) is 1.02. The molecule has 0 aromatic carbocycles. The Morgan fingerprint density at radius 1 is 1.45 bits per heavy atom. The number of aliphatic imine (C=N–C) groups is 2. The van der Waals surface area contributed by atoms with Gasteiger partial charge in [0.1, 0.15) is 11.8 Å². The molecule has 5 heteroatoms. The van der Waals surface area contributed by atoms with Crippen molar-refractivity contribution in [2.75, 3.05) is 6.54 Å². The summed E-state index contributed by atoms with van der Waals surface area (Å²) in [5.74, 6) is 0. The van der Waals surface area contributed by atoms with Crippen molar-refractivity contribution < 1.29 is 14.4 Å². The third kappa shape index (κ3) is 3.20. The number of hydrogen-bond acceptors (Lipinski definition) is 5. The lowest BCUT2D eigenvalue weighted by Crippen LogP contribution is -2.27. The summed E-state index contributed by atoms with van der Waals surface area (Å²) in [6.07, 6.45) is 2.89. The molecule has 0 heterocycles. The highest BCUT2D eigenvalue weighted by Crippen LogP contribution is 2.04. The molecule has 0 saturated carbocycles. The van der Waals surface area contributed by atoms with Crippen LogP contribution in [-0.2, 0) is 14.4 Å². The van der Waals surface area contributed by atoms with Crippen LogP contribution in [0.5, 0.6) is 0 Å². The summed E-state index contributed by atoms with van der Waals surface area (Å²) in [4.78, 5) is 35.9. The molecule has 0 aromatic heterocycles. The molecule has 0 bridgehead atoms. The second-order valence-corrected chi connectivity index (χ2v) is 2.09. The molecule has 0 radical (unpaired) electrons. The lowest BCUT2D eigenvalue weighted by Gasteiger charge is -2.09. The second-order valence-electron chi connectivity index (χ2n) is 2.09. The predicted octanol–water partition coefficient (Wildman–Crippen LogP) is -0.384. The molecule has 58 valence electrons. The second kappa shape index (κ2) is 4.28. The van der Waals surface area contributed by atoms with Gasteiger partial charge in [-0.1, -0.05) is 0 Å². The first-order chi connectivity index (χ1) is 5.18. The van der Waals surface area contributed by atoms with Crippen molar-refractivity contribution >= 4 is 18.4 Å². The molecule has 0 N–H and O–H groups in total. The standard InChI is InChI=1S/C6H6N2O3/c1-6(3-9,8-5-11)2-7-4-10/h3H,2H2,1H3. The van der Waals surface area contributed by atoms with Gasteiger partial charge in [-0.05, 0) is 6.92 Å². The monoisotopic (exact) mass is 154 g/mol. The smallest absolute Gasteiger partial charge is 0.236 e. The van der Waals surface area contributed by atoms with Gasteiger partial charge < -0.3 is 4.79 Å². The fourth-order valence-electron chi connectivity index (χ4n) is 0.396. The van der Waals surface area contributed by atoms with Crippen LogP contribution in [0.25, 0.3) is 0 Å². The number of aldehydes is 1. The van der Waals surface area contributed by atoms with Gasteiger partial charge in [0.05, 0.1) is 6.54 Å². The van der Waals surface area contributed by atoms with Crippen LogP contribution in [0, 0.1) is 0 Å². The summed E-state index contributed by atoms with van der Waals surface area (Å²) in [5, 5.41) is 0. The fraction of sp³-hybridized carbons (Fsp3) is 0.500. The summed E-state index contributed by atoms with van der Waals surface area (Å²) in [5.41, 5.74) is -1.26. The quantitative estimate of drug-likeness (QED) is 0.314. The number of carbonyl (C=O) groups is 1. The molecule has 0 amide bonds. The van der Waals surface area contributed by atoms with E-state index in [0.717, 1.165) is 0 Å². The first kappa shape index (κ1) is 9.43. The molecule has 0 spiro atoms. The van der Waals surface area contributed by atoms with Gasteiger partial charge in [-0.3, -0.25) is 0 Å². The maximum atomic E-state index is 10.3. The highest BCUT2D eigenvalue weighted by atomic mass is 16.1. The summed E-state index contributed by atoms with van der Waals surface area (Å²) >= 11 is 0. The zero-order valence-corrected chi connectivity index (χ0v) is 5.90. The van der Waals surface area contributed by atoms with Gasteiger partial charge in [-0.2, -0.15) is 4.99 Å². The van der Waals surface area contributed by atoms with Crippen LogP contribution in [-0.4, -0.2) is 30.5 Å². The fourth-order valence-corrected chi connectivity index (χ4v) is 0.396. The van der Waals surface area contributed by atoms with Crippen molar-refractivity contribution in [3.05, 3.63) is 0 Å². The lowest BCUT2D eigenvalue weighted by molar-refractivity contribution is -0.111. The number of hydrogen-bond donors (Lipinski definition) is 0. The molecule has 11 heavy (non-hydrogen) atoms. The zero-order chi connectivity index (χ0) is 8.74. The molecule has 0 rings (SSSR count). The van der Waals surface area contributed by atoms with Crippen LogP contribution in [0.15, 0.2) is 9.98 Å². The average molecular weight is 154 g/mol. The zero-order valence-electron chi connectivity index (χ0n) is 5.90. The van der Waals surface area contributed by atoms with Crippen LogP contribution in [0.1, 0.15) is 6.92 Å². The first-order valence-electron chi connectivity index (χ1n) is 2.77. The Labute approximate surface area is 62.8 Å². The first-order valence-corrected chi connectivity index (χ1v) is 2.77. The molecule has 0 aliphatic carbocycles. The van der Waals surface area contributed by atoms with Gasteiger partial charge in [0, 0.05) is 0 Å². The van der Waals surface area contributed by atoms with Crippen LogP contribution in [0.4, 0.5) is 0 Å². The molecule has 0 aromatic rings. The molecule has 1 atom stereocenters. The van der Waals surface area contributed by atoms with E-state index in [1.807, 2.05) is 0 Å². The Morgan fingerprint density at radius 3 is 2.45 bits per heavy atom. The van der Waals surface area contributed by atoms with Crippen LogP contribution >= 0.6 is 0 Å². The lowest BCUT2D eigenvalue weighted by atomic mass is 10.1. The van der Waals surface area contributed by atoms with Crippen molar-refractivity contribution in [1.29, 1.82) is 0 Å². The van der Waals surface area contributed by atoms with E-state index in [4.69, 9.17) is 0 Å². The Balaban J connectivity index is 4.44. The van der Waals surface area contributed by atoms with Gasteiger partial charge >= 0.3 is 0 Å². The molecular formula is C6H6N2O3. The minimum atomic E-state index is -1.26. The van der Waals surface area contributed by atoms with E-state index in [1.165, 1.54) is 19.1 Å². The van der Waals surface area contributed by atoms with Crippen molar-refractivity contribution in [2.45, 2.75) is 12.5 Å². The van der Waals surface area contributed by atoms with Crippen LogP contribution in [0.3, 0.4) is 0 Å². The third-order valence-electron chi connectivity index (χ3n) is 1.02. The SMILES string of the molecule is CC(C=O)(CN=C=O)N=C=O. The molecule has 1 unspecified atom stereocenters. The van der Waals surface area contributed by atoms with Crippen molar-refractivity contribution in [3.63, 3.8) is 0 Å². The van der Waals surface area contributed by atoms with E-state index < -0.39 is 5.54 Å². The van der Waals surface area contributed by atoms with E-state index >= 15 is 0 Å². The summed E-state index contributed by atoms with van der Waals surface area (Å²) in [6.45, 7) is 1.20. The Morgan fingerprint density at radius 2 is 2.09 bits per heavy atom. The normalized spacial score (nSPS) is 13.5. The van der Waals surface area contributed by atoms with Crippen LogP contribution < -0.4 is 0 Å². The summed E-state index contributed by atoms with van der Waals surface area (Å²) in [6, 6.07) is 0. The maximum absolute atomic E-state index is 10.3. The Bertz CT molecular complexity index is 238. The number of rotatable bonds is 4. The molecule has 5 nitrogen and oxygen atoms in total. The average Bonchev–Trinajstić information content (AvgIpc) is 2.02. The minimum Gasteiger partial charge on any atom is -0.301 e. The largest absolute Gasteiger partial charge is 0.301 e. The van der Waals surface area contributed by atoms with E-state index in [9.17, 15) is 14.4 Å². The highest BCUT2D eigenvalue weighted by molar-refractivity contribution is 5.66. The summed E-state index contributed by atoms with van der Waals surface area (Å²) < 4.78 is 0. The Hall–Kier alpha value is -1.57. The number of isocyanates is 2. The van der Waals surface area contributed by atoms with Crippen LogP contribution in [0.2, 0.25) is 0 Å². The van der Waals surface area contributed by atoms with Gasteiger partial charge in [-0.25, -0.2) is 14.6 Å². The van der Waals surface area contributed by atoms with Gasteiger partial charge in [-0.15, -0.1) is 0 Å². The number of carbonyl (C=O) groups excluding carboxylic acids is 3. The number of nitrogens with zero attached hydrogens (tertiary/aromatic N) is 2. The molecule has 0 aliphatic rings. The summed E-state index contributed by atoms with van der Waals surface area (Å²) in [7, 11) is 0. The van der Waals surface area contributed by atoms with Gasteiger partial charge in [0.25, 0.3) is 0 Å². The van der Waals surface area contributed by atoms with E-state index in [-0.39, 0.29) is 6.54 Å². The van der Waals surface area contributed by atoms with E-state index in [1.54, 1.807) is 0 Å². The maximum Gasteiger partial charge on any atom is 0.236 e. The van der Waals surface area contributed by atoms with E-state index in [0.29, 0.717) is 6.29 Å². The van der Waals surface area contributed by atoms with Gasteiger partial charge in [0.15, 0.2) is 0 Å². The van der Waals surface area contributed by atoms with Crippen molar-refractivity contribution in [2.24, 2.45) is 9.98 Å². The minimum absolute atomic E-state index is 0.171. The van der Waals surface area contributed by atoms with Crippen molar-refractivity contribution in [3.8, 4) is 0 Å². The molecule has 0 fully saturated rings. The Kier molecular flexibility index (Phi) is 3.67. The van der Waals surface area contributed by atoms with Crippen molar-refractivity contribution in [1.82, 2.24) is 0 Å². The highest BCUT2D eigenvalue weighted by Gasteiger charge is 2.21. The van der Waals surface area contributed by atoms with Gasteiger partial charge in [0.2, 0.25) is 12.2 Å². The van der Waals surface area contributed by atoms with E-state index in [2.05, 4.69) is 9.98 Å². The predicted molar refractivity (Wildman–Crippen MR) is 35.6 cm³/mol.